The topological polar surface area (TPSA) is 47.6 Å². The summed E-state index contributed by atoms with van der Waals surface area (Å²) in [6, 6.07) is 0.330. The van der Waals surface area contributed by atoms with Gasteiger partial charge in [-0.15, -0.1) is 0 Å². The molecule has 0 saturated heterocycles. The van der Waals surface area contributed by atoms with E-state index in [4.69, 9.17) is 9.47 Å². The first-order valence-corrected chi connectivity index (χ1v) is 6.60. The molecule has 1 N–H and O–H groups in total. The van der Waals surface area contributed by atoms with Gasteiger partial charge in [-0.3, -0.25) is 4.79 Å². The Hall–Kier alpha value is -0.610. The van der Waals surface area contributed by atoms with Crippen LogP contribution in [-0.2, 0) is 14.3 Å². The molecule has 4 nitrogen and oxygen atoms in total. The maximum atomic E-state index is 11.7. The SMILES string of the molecule is COCCOCC(=O)NC1CCCCCC1C. The van der Waals surface area contributed by atoms with E-state index in [2.05, 4.69) is 12.2 Å². The van der Waals surface area contributed by atoms with Crippen LogP contribution in [0.4, 0.5) is 0 Å². The average molecular weight is 243 g/mol. The van der Waals surface area contributed by atoms with Gasteiger partial charge in [-0.1, -0.05) is 26.2 Å². The van der Waals surface area contributed by atoms with Crippen LogP contribution in [0.25, 0.3) is 0 Å². The Morgan fingerprint density at radius 1 is 1.24 bits per heavy atom. The number of methoxy groups -OCH3 is 1. The highest BCUT2D eigenvalue weighted by molar-refractivity contribution is 5.77. The fourth-order valence-electron chi connectivity index (χ4n) is 2.26. The second-order valence-corrected chi connectivity index (χ2v) is 4.83. The predicted molar refractivity (Wildman–Crippen MR) is 66.9 cm³/mol. The highest BCUT2D eigenvalue weighted by Crippen LogP contribution is 2.22. The highest BCUT2D eigenvalue weighted by atomic mass is 16.5. The summed E-state index contributed by atoms with van der Waals surface area (Å²) in [7, 11) is 1.62. The second-order valence-electron chi connectivity index (χ2n) is 4.83. The Labute approximate surface area is 104 Å². The molecular weight excluding hydrogens is 218 g/mol. The maximum absolute atomic E-state index is 11.7. The van der Waals surface area contributed by atoms with E-state index in [-0.39, 0.29) is 12.5 Å². The molecule has 0 aromatic rings. The molecule has 2 unspecified atom stereocenters. The Balaban J connectivity index is 2.19. The summed E-state index contributed by atoms with van der Waals surface area (Å²) in [5.41, 5.74) is 0. The number of amides is 1. The fourth-order valence-corrected chi connectivity index (χ4v) is 2.26. The lowest BCUT2D eigenvalue weighted by atomic mass is 9.97. The monoisotopic (exact) mass is 243 g/mol. The molecule has 1 saturated carbocycles. The van der Waals surface area contributed by atoms with Gasteiger partial charge >= 0.3 is 0 Å². The lowest BCUT2D eigenvalue weighted by Crippen LogP contribution is -2.40. The number of carbonyl (C=O) groups excluding carboxylic acids is 1. The van der Waals surface area contributed by atoms with E-state index in [1.165, 1.54) is 25.7 Å². The van der Waals surface area contributed by atoms with Gasteiger partial charge in [-0.25, -0.2) is 0 Å². The van der Waals surface area contributed by atoms with Crippen LogP contribution in [0.2, 0.25) is 0 Å². The molecule has 17 heavy (non-hydrogen) atoms. The zero-order valence-corrected chi connectivity index (χ0v) is 11.0. The van der Waals surface area contributed by atoms with Crippen molar-refractivity contribution in [2.45, 2.75) is 45.1 Å². The third-order valence-electron chi connectivity index (χ3n) is 3.37. The van der Waals surface area contributed by atoms with Crippen LogP contribution in [0.3, 0.4) is 0 Å². The molecule has 0 aromatic carbocycles. The minimum Gasteiger partial charge on any atom is -0.382 e. The minimum atomic E-state index is -0.000136. The van der Waals surface area contributed by atoms with E-state index < -0.39 is 0 Å². The molecular formula is C13H25NO3. The molecule has 0 heterocycles. The molecule has 1 amide bonds. The molecule has 0 bridgehead atoms. The lowest BCUT2D eigenvalue weighted by molar-refractivity contribution is -0.127. The van der Waals surface area contributed by atoms with Crippen molar-refractivity contribution in [3.63, 3.8) is 0 Å². The largest absolute Gasteiger partial charge is 0.382 e. The second kappa shape index (κ2) is 8.48. The molecule has 1 fully saturated rings. The molecule has 0 spiro atoms. The number of rotatable bonds is 6. The zero-order valence-electron chi connectivity index (χ0n) is 11.0. The van der Waals surface area contributed by atoms with Crippen molar-refractivity contribution in [3.05, 3.63) is 0 Å². The normalized spacial score (nSPS) is 25.3. The Bertz CT molecular complexity index is 221. The van der Waals surface area contributed by atoms with E-state index in [0.29, 0.717) is 25.2 Å². The van der Waals surface area contributed by atoms with Gasteiger partial charge in [0.15, 0.2) is 0 Å². The van der Waals surface area contributed by atoms with Gasteiger partial charge in [0.05, 0.1) is 13.2 Å². The highest BCUT2D eigenvalue weighted by Gasteiger charge is 2.21. The van der Waals surface area contributed by atoms with Crippen molar-refractivity contribution in [3.8, 4) is 0 Å². The summed E-state index contributed by atoms with van der Waals surface area (Å²) < 4.78 is 10.1. The van der Waals surface area contributed by atoms with Gasteiger partial charge in [0.1, 0.15) is 6.61 Å². The van der Waals surface area contributed by atoms with Crippen LogP contribution in [0.5, 0.6) is 0 Å². The first-order valence-electron chi connectivity index (χ1n) is 6.60. The van der Waals surface area contributed by atoms with Gasteiger partial charge < -0.3 is 14.8 Å². The molecule has 0 aliphatic heterocycles. The summed E-state index contributed by atoms with van der Waals surface area (Å²) in [5, 5.41) is 3.08. The van der Waals surface area contributed by atoms with Gasteiger partial charge in [-0.2, -0.15) is 0 Å². The summed E-state index contributed by atoms with van der Waals surface area (Å²) in [4.78, 5) is 11.7. The van der Waals surface area contributed by atoms with Gasteiger partial charge in [-0.05, 0) is 18.8 Å². The Morgan fingerprint density at radius 3 is 2.76 bits per heavy atom. The van der Waals surface area contributed by atoms with Crippen molar-refractivity contribution in [2.75, 3.05) is 26.9 Å². The molecule has 2 atom stereocenters. The zero-order chi connectivity index (χ0) is 12.5. The van der Waals surface area contributed by atoms with E-state index in [1.807, 2.05) is 0 Å². The van der Waals surface area contributed by atoms with Gasteiger partial charge in [0.2, 0.25) is 5.91 Å². The number of ether oxygens (including phenoxy) is 2. The number of carbonyl (C=O) groups is 1. The molecule has 0 radical (unpaired) electrons. The third-order valence-corrected chi connectivity index (χ3v) is 3.37. The van der Waals surface area contributed by atoms with Gasteiger partial charge in [0, 0.05) is 13.2 Å². The van der Waals surface area contributed by atoms with E-state index in [0.717, 1.165) is 6.42 Å². The summed E-state index contributed by atoms with van der Waals surface area (Å²) in [6.45, 7) is 3.38. The summed E-state index contributed by atoms with van der Waals surface area (Å²) >= 11 is 0. The molecule has 1 aliphatic rings. The maximum Gasteiger partial charge on any atom is 0.246 e. The van der Waals surface area contributed by atoms with Gasteiger partial charge in [0.25, 0.3) is 0 Å². The first-order chi connectivity index (χ1) is 8.24. The van der Waals surface area contributed by atoms with Crippen molar-refractivity contribution in [1.82, 2.24) is 5.32 Å². The van der Waals surface area contributed by atoms with Crippen LogP contribution < -0.4 is 5.32 Å². The van der Waals surface area contributed by atoms with Crippen molar-refractivity contribution in [1.29, 1.82) is 0 Å². The van der Waals surface area contributed by atoms with Crippen molar-refractivity contribution in [2.24, 2.45) is 5.92 Å². The summed E-state index contributed by atoms with van der Waals surface area (Å²) in [5.74, 6) is 0.584. The molecule has 4 heteroatoms. The first kappa shape index (κ1) is 14.5. The quantitative estimate of drug-likeness (QED) is 0.571. The van der Waals surface area contributed by atoms with E-state index in [9.17, 15) is 4.79 Å². The standard InChI is InChI=1S/C13H25NO3/c1-11-6-4-3-5-7-12(11)14-13(15)10-17-9-8-16-2/h11-12H,3-10H2,1-2H3,(H,14,15). The van der Waals surface area contributed by atoms with E-state index in [1.54, 1.807) is 7.11 Å². The Morgan fingerprint density at radius 2 is 2.00 bits per heavy atom. The summed E-state index contributed by atoms with van der Waals surface area (Å²) in [6.07, 6.45) is 6.12. The lowest BCUT2D eigenvalue weighted by Gasteiger charge is -2.22. The molecule has 100 valence electrons. The van der Waals surface area contributed by atoms with Crippen LogP contribution in [-0.4, -0.2) is 38.9 Å². The number of hydrogen-bond donors (Lipinski definition) is 1. The minimum absolute atomic E-state index is 0.000136. The predicted octanol–water partition coefficient (Wildman–Crippen LogP) is 1.73. The molecule has 0 aromatic heterocycles. The number of nitrogens with one attached hydrogen (secondary N) is 1. The molecule has 1 rings (SSSR count). The van der Waals surface area contributed by atoms with Crippen LogP contribution >= 0.6 is 0 Å². The number of hydrogen-bond acceptors (Lipinski definition) is 3. The average Bonchev–Trinajstić information content (AvgIpc) is 2.51. The fraction of sp³-hybridized carbons (Fsp3) is 0.923. The van der Waals surface area contributed by atoms with Crippen LogP contribution in [0.1, 0.15) is 39.0 Å². The van der Waals surface area contributed by atoms with E-state index >= 15 is 0 Å². The van der Waals surface area contributed by atoms with Crippen LogP contribution in [0, 0.1) is 5.92 Å². The molecule has 1 aliphatic carbocycles. The van der Waals surface area contributed by atoms with Crippen molar-refractivity contribution < 1.29 is 14.3 Å². The van der Waals surface area contributed by atoms with Crippen LogP contribution in [0.15, 0.2) is 0 Å². The Kier molecular flexibility index (Phi) is 7.21. The smallest absolute Gasteiger partial charge is 0.246 e. The van der Waals surface area contributed by atoms with Crippen molar-refractivity contribution >= 4 is 5.91 Å². The third kappa shape index (κ3) is 6.03.